The summed E-state index contributed by atoms with van der Waals surface area (Å²) in [6, 6.07) is 6.92. The number of hydrogen-bond acceptors (Lipinski definition) is 5. The van der Waals surface area contributed by atoms with E-state index in [0.717, 1.165) is 18.4 Å². The molecule has 0 unspecified atom stereocenters. The summed E-state index contributed by atoms with van der Waals surface area (Å²) >= 11 is 0. The fraction of sp³-hybridized carbons (Fsp3) is 0.400. The van der Waals surface area contributed by atoms with Gasteiger partial charge < -0.3 is 24.1 Å². The molecule has 2 heterocycles. The lowest BCUT2D eigenvalue weighted by molar-refractivity contribution is 0.0712. The van der Waals surface area contributed by atoms with E-state index in [1.165, 1.54) is 21.3 Å². The zero-order valence-corrected chi connectivity index (χ0v) is 15.8. The Morgan fingerprint density at radius 3 is 2.19 bits per heavy atom. The first kappa shape index (κ1) is 18.8. The van der Waals surface area contributed by atoms with Gasteiger partial charge in [-0.1, -0.05) is 0 Å². The molecule has 0 atom stereocenters. The Morgan fingerprint density at radius 2 is 1.67 bits per heavy atom. The molecular formula is C20H24N2O5. The van der Waals surface area contributed by atoms with E-state index in [-0.39, 0.29) is 17.4 Å². The number of methoxy groups -OCH3 is 3. The number of H-pyrrole nitrogens is 1. The van der Waals surface area contributed by atoms with E-state index in [1.54, 1.807) is 24.4 Å². The number of rotatable bonds is 5. The highest BCUT2D eigenvalue weighted by Gasteiger charge is 2.26. The Labute approximate surface area is 157 Å². The van der Waals surface area contributed by atoms with Crippen LogP contribution in [0, 0.1) is 0 Å². The lowest BCUT2D eigenvalue weighted by Crippen LogP contribution is -2.38. The molecule has 3 rings (SSSR count). The molecule has 1 aliphatic rings. The molecule has 1 aliphatic heterocycles. The van der Waals surface area contributed by atoms with E-state index in [1.807, 2.05) is 11.0 Å². The second-order valence-electron chi connectivity index (χ2n) is 6.47. The van der Waals surface area contributed by atoms with Crippen LogP contribution in [0.25, 0.3) is 0 Å². The maximum Gasteiger partial charge on any atom is 0.254 e. The van der Waals surface area contributed by atoms with Crippen molar-refractivity contribution in [2.45, 2.75) is 18.8 Å². The van der Waals surface area contributed by atoms with Crippen molar-refractivity contribution in [2.24, 2.45) is 0 Å². The molecule has 0 aliphatic carbocycles. The standard InChI is InChI=1S/C20H24N2O5/c1-25-16-10-15(11-17(26-2)19(16)27-3)20(24)22-8-5-13(6-9-22)14-4-7-21-18(23)12-14/h4,7,10-13H,5-6,8-9H2,1-3H3,(H,21,23). The number of carbonyl (C=O) groups is 1. The molecule has 27 heavy (non-hydrogen) atoms. The Bertz CT molecular complexity index is 844. The molecule has 1 aromatic heterocycles. The zero-order chi connectivity index (χ0) is 19.4. The molecule has 1 fully saturated rings. The molecule has 0 bridgehead atoms. The van der Waals surface area contributed by atoms with Gasteiger partial charge in [0.1, 0.15) is 0 Å². The minimum absolute atomic E-state index is 0.0707. The number of aromatic nitrogens is 1. The average molecular weight is 372 g/mol. The van der Waals surface area contributed by atoms with E-state index in [2.05, 4.69) is 4.98 Å². The van der Waals surface area contributed by atoms with Crippen LogP contribution in [0.3, 0.4) is 0 Å². The van der Waals surface area contributed by atoms with Crippen molar-refractivity contribution in [3.05, 3.63) is 51.9 Å². The lowest BCUT2D eigenvalue weighted by Gasteiger charge is -2.32. The summed E-state index contributed by atoms with van der Waals surface area (Å²) in [6.45, 7) is 1.26. The number of ether oxygens (including phenoxy) is 3. The number of nitrogens with one attached hydrogen (secondary N) is 1. The monoisotopic (exact) mass is 372 g/mol. The number of nitrogens with zero attached hydrogens (tertiary/aromatic N) is 1. The van der Waals surface area contributed by atoms with E-state index in [9.17, 15) is 9.59 Å². The van der Waals surface area contributed by atoms with E-state index < -0.39 is 0 Å². The first-order valence-electron chi connectivity index (χ1n) is 8.85. The van der Waals surface area contributed by atoms with Gasteiger partial charge in [0.2, 0.25) is 11.3 Å². The van der Waals surface area contributed by atoms with Crippen LogP contribution >= 0.6 is 0 Å². The molecule has 0 radical (unpaired) electrons. The van der Waals surface area contributed by atoms with Crippen LogP contribution in [0.15, 0.2) is 35.3 Å². The van der Waals surface area contributed by atoms with Gasteiger partial charge in [0.15, 0.2) is 11.5 Å². The highest BCUT2D eigenvalue weighted by Crippen LogP contribution is 2.38. The van der Waals surface area contributed by atoms with E-state index >= 15 is 0 Å². The van der Waals surface area contributed by atoms with E-state index in [4.69, 9.17) is 14.2 Å². The van der Waals surface area contributed by atoms with Gasteiger partial charge in [-0.05, 0) is 42.5 Å². The first-order valence-corrected chi connectivity index (χ1v) is 8.85. The van der Waals surface area contributed by atoms with Crippen molar-refractivity contribution in [3.8, 4) is 17.2 Å². The van der Waals surface area contributed by atoms with E-state index in [0.29, 0.717) is 35.9 Å². The number of aromatic amines is 1. The summed E-state index contributed by atoms with van der Waals surface area (Å²) in [5, 5.41) is 0. The van der Waals surface area contributed by atoms with Gasteiger partial charge in [0.25, 0.3) is 5.91 Å². The van der Waals surface area contributed by atoms with Crippen molar-refractivity contribution in [1.29, 1.82) is 0 Å². The Kier molecular flexibility index (Phi) is 5.69. The van der Waals surface area contributed by atoms with Crippen LogP contribution in [0.4, 0.5) is 0 Å². The van der Waals surface area contributed by atoms with Crippen LogP contribution < -0.4 is 19.8 Å². The average Bonchev–Trinajstić information content (AvgIpc) is 2.72. The van der Waals surface area contributed by atoms with Crippen LogP contribution in [-0.2, 0) is 0 Å². The highest BCUT2D eigenvalue weighted by atomic mass is 16.5. The first-order chi connectivity index (χ1) is 13.1. The summed E-state index contributed by atoms with van der Waals surface area (Å²) in [5.74, 6) is 1.59. The zero-order valence-electron chi connectivity index (χ0n) is 15.8. The number of likely N-dealkylation sites (tertiary alicyclic amines) is 1. The molecule has 1 aromatic carbocycles. The summed E-state index contributed by atoms with van der Waals surface area (Å²) in [7, 11) is 4.58. The Hall–Kier alpha value is -2.96. The van der Waals surface area contributed by atoms with Gasteiger partial charge >= 0.3 is 0 Å². The molecule has 1 saturated heterocycles. The third-order valence-corrected chi connectivity index (χ3v) is 4.96. The predicted molar refractivity (Wildman–Crippen MR) is 101 cm³/mol. The largest absolute Gasteiger partial charge is 0.493 e. The third-order valence-electron chi connectivity index (χ3n) is 4.96. The molecule has 7 nitrogen and oxygen atoms in total. The fourth-order valence-corrected chi connectivity index (χ4v) is 3.52. The molecule has 7 heteroatoms. The number of pyridine rings is 1. The summed E-state index contributed by atoms with van der Waals surface area (Å²) in [6.07, 6.45) is 3.31. The smallest absolute Gasteiger partial charge is 0.254 e. The summed E-state index contributed by atoms with van der Waals surface area (Å²) < 4.78 is 16.0. The second-order valence-corrected chi connectivity index (χ2v) is 6.47. The molecule has 144 valence electrons. The maximum absolute atomic E-state index is 13.0. The fourth-order valence-electron chi connectivity index (χ4n) is 3.52. The number of amides is 1. The van der Waals surface area contributed by atoms with Crippen molar-refractivity contribution < 1.29 is 19.0 Å². The van der Waals surface area contributed by atoms with Crippen molar-refractivity contribution in [2.75, 3.05) is 34.4 Å². The normalized spacial score (nSPS) is 14.7. The maximum atomic E-state index is 13.0. The van der Waals surface area contributed by atoms with Gasteiger partial charge in [-0.15, -0.1) is 0 Å². The van der Waals surface area contributed by atoms with Crippen LogP contribution in [0.5, 0.6) is 17.2 Å². The van der Waals surface area contributed by atoms with Gasteiger partial charge in [-0.2, -0.15) is 0 Å². The van der Waals surface area contributed by atoms with Crippen molar-refractivity contribution >= 4 is 5.91 Å². The third kappa shape index (κ3) is 3.92. The molecular weight excluding hydrogens is 348 g/mol. The molecule has 0 spiro atoms. The van der Waals surface area contributed by atoms with Gasteiger partial charge in [0, 0.05) is 30.9 Å². The number of carbonyl (C=O) groups excluding carboxylic acids is 1. The minimum Gasteiger partial charge on any atom is -0.493 e. The van der Waals surface area contributed by atoms with Crippen LogP contribution in [-0.4, -0.2) is 50.2 Å². The van der Waals surface area contributed by atoms with Crippen molar-refractivity contribution in [3.63, 3.8) is 0 Å². The lowest BCUT2D eigenvalue weighted by atomic mass is 9.90. The number of piperidine rings is 1. The minimum atomic E-state index is -0.0940. The summed E-state index contributed by atoms with van der Waals surface area (Å²) in [5.41, 5.74) is 1.43. The number of benzene rings is 1. The predicted octanol–water partition coefficient (Wildman–Crippen LogP) is 2.42. The SMILES string of the molecule is COc1cc(C(=O)N2CCC(c3cc[nH]c(=O)c3)CC2)cc(OC)c1OC. The Balaban J connectivity index is 1.75. The van der Waals surface area contributed by atoms with Gasteiger partial charge in [-0.3, -0.25) is 9.59 Å². The van der Waals surface area contributed by atoms with Crippen LogP contribution in [0.2, 0.25) is 0 Å². The Morgan fingerprint density at radius 1 is 1.04 bits per heavy atom. The molecule has 2 aromatic rings. The molecule has 0 saturated carbocycles. The highest BCUT2D eigenvalue weighted by molar-refractivity contribution is 5.95. The second kappa shape index (κ2) is 8.16. The van der Waals surface area contributed by atoms with Crippen LogP contribution in [0.1, 0.15) is 34.7 Å². The van der Waals surface area contributed by atoms with Crippen molar-refractivity contribution in [1.82, 2.24) is 9.88 Å². The van der Waals surface area contributed by atoms with Gasteiger partial charge in [0.05, 0.1) is 21.3 Å². The molecule has 1 N–H and O–H groups in total. The summed E-state index contributed by atoms with van der Waals surface area (Å²) in [4.78, 5) is 28.9. The topological polar surface area (TPSA) is 80.9 Å². The van der Waals surface area contributed by atoms with Gasteiger partial charge in [-0.25, -0.2) is 0 Å². The number of hydrogen-bond donors (Lipinski definition) is 1. The quantitative estimate of drug-likeness (QED) is 0.872. The molecule has 1 amide bonds.